The molecular formula is C27H37BN4O4. The van der Waals surface area contributed by atoms with Gasteiger partial charge in [-0.25, -0.2) is 10.5 Å². The van der Waals surface area contributed by atoms with Gasteiger partial charge in [-0.05, 0) is 54.3 Å². The second-order valence-electron chi connectivity index (χ2n) is 8.76. The molecule has 0 spiro atoms. The topological polar surface area (TPSA) is 99.9 Å². The van der Waals surface area contributed by atoms with Crippen molar-refractivity contribution in [2.45, 2.75) is 53.2 Å². The van der Waals surface area contributed by atoms with Crippen LogP contribution in [-0.4, -0.2) is 57.2 Å². The normalized spacial score (nSPS) is 11.6. The molecule has 0 aliphatic heterocycles. The summed E-state index contributed by atoms with van der Waals surface area (Å²) in [6, 6.07) is 12.7. The van der Waals surface area contributed by atoms with Crippen LogP contribution in [0, 0.1) is 0 Å². The van der Waals surface area contributed by atoms with Gasteiger partial charge >= 0.3 is 7.12 Å². The number of unbranched alkanes of at least 4 members (excludes halogenated alkanes) is 1. The van der Waals surface area contributed by atoms with Gasteiger partial charge < -0.3 is 19.5 Å². The minimum absolute atomic E-state index is 0.165. The summed E-state index contributed by atoms with van der Waals surface area (Å²) in [5.41, 5.74) is 6.55. The highest BCUT2D eigenvalue weighted by molar-refractivity contribution is 6.58. The Kier molecular flexibility index (Phi) is 10.7. The number of amides is 1. The number of nitrogens with zero attached hydrogens (tertiary/aromatic N) is 3. The molecule has 1 aromatic heterocycles. The van der Waals surface area contributed by atoms with E-state index in [0.717, 1.165) is 73.4 Å². The van der Waals surface area contributed by atoms with Crippen LogP contribution in [0.3, 0.4) is 0 Å². The summed E-state index contributed by atoms with van der Waals surface area (Å²) in [6.45, 7) is 10.7. The maximum absolute atomic E-state index is 12.2. The number of fused-ring (bicyclic) bond motifs is 1. The van der Waals surface area contributed by atoms with Crippen molar-refractivity contribution in [2.24, 2.45) is 0 Å². The van der Waals surface area contributed by atoms with Crippen LogP contribution in [-0.2, 0) is 29.2 Å². The second-order valence-corrected chi connectivity index (χ2v) is 8.76. The van der Waals surface area contributed by atoms with Crippen molar-refractivity contribution in [3.05, 3.63) is 65.5 Å². The molecule has 36 heavy (non-hydrogen) atoms. The predicted octanol–water partition coefficient (Wildman–Crippen LogP) is 2.66. The molecule has 192 valence electrons. The molecule has 8 nitrogen and oxygen atoms in total. The van der Waals surface area contributed by atoms with Crippen LogP contribution < -0.4 is 10.9 Å². The van der Waals surface area contributed by atoms with E-state index < -0.39 is 7.12 Å². The molecule has 0 bridgehead atoms. The van der Waals surface area contributed by atoms with Gasteiger partial charge in [-0.3, -0.25) is 9.63 Å². The SMILES string of the molecule is CCCCc1nc2cc(/C=C/C(=O)NOCc3ccc(B(O)O)cc3)ccc2n1CCN(CC)CC. The number of hydrogen-bond acceptors (Lipinski definition) is 6. The van der Waals surface area contributed by atoms with Crippen molar-refractivity contribution in [3.8, 4) is 0 Å². The molecule has 2 aromatic carbocycles. The van der Waals surface area contributed by atoms with E-state index in [1.165, 1.54) is 6.08 Å². The van der Waals surface area contributed by atoms with Gasteiger partial charge in [0.1, 0.15) is 5.82 Å². The molecule has 0 radical (unpaired) electrons. The maximum Gasteiger partial charge on any atom is 0.488 e. The van der Waals surface area contributed by atoms with Crippen LogP contribution in [0.4, 0.5) is 0 Å². The highest BCUT2D eigenvalue weighted by Crippen LogP contribution is 2.20. The van der Waals surface area contributed by atoms with Gasteiger partial charge in [-0.2, -0.15) is 0 Å². The average molecular weight is 492 g/mol. The van der Waals surface area contributed by atoms with Gasteiger partial charge in [0.05, 0.1) is 17.6 Å². The molecule has 3 N–H and O–H groups in total. The van der Waals surface area contributed by atoms with Gasteiger partial charge in [0.25, 0.3) is 5.91 Å². The molecule has 3 rings (SSSR count). The maximum atomic E-state index is 12.2. The van der Waals surface area contributed by atoms with Crippen molar-refractivity contribution < 1.29 is 19.7 Å². The van der Waals surface area contributed by atoms with E-state index in [0.29, 0.717) is 5.46 Å². The molecule has 3 aromatic rings. The van der Waals surface area contributed by atoms with Crippen molar-refractivity contribution in [1.82, 2.24) is 19.9 Å². The Morgan fingerprint density at radius 2 is 1.89 bits per heavy atom. The summed E-state index contributed by atoms with van der Waals surface area (Å²) in [5.74, 6) is 0.749. The number of carbonyl (C=O) groups is 1. The highest BCUT2D eigenvalue weighted by Gasteiger charge is 2.12. The minimum atomic E-state index is -1.51. The molecule has 0 aliphatic rings. The molecule has 0 saturated carbocycles. The fourth-order valence-electron chi connectivity index (χ4n) is 4.04. The summed E-state index contributed by atoms with van der Waals surface area (Å²) >= 11 is 0. The summed E-state index contributed by atoms with van der Waals surface area (Å²) in [6.07, 6.45) is 6.37. The third-order valence-electron chi connectivity index (χ3n) is 6.26. The Morgan fingerprint density at radius 3 is 2.56 bits per heavy atom. The number of carbonyl (C=O) groups excluding carboxylic acids is 1. The largest absolute Gasteiger partial charge is 0.488 e. The molecule has 9 heteroatoms. The monoisotopic (exact) mass is 492 g/mol. The first kappa shape index (κ1) is 27.6. The lowest BCUT2D eigenvalue weighted by atomic mass is 9.80. The van der Waals surface area contributed by atoms with Gasteiger partial charge in [0, 0.05) is 25.6 Å². The first-order valence-electron chi connectivity index (χ1n) is 12.7. The van der Waals surface area contributed by atoms with E-state index in [9.17, 15) is 4.79 Å². The highest BCUT2D eigenvalue weighted by atomic mass is 16.6. The van der Waals surface area contributed by atoms with Gasteiger partial charge in [-0.1, -0.05) is 57.5 Å². The fraction of sp³-hybridized carbons (Fsp3) is 0.407. The predicted molar refractivity (Wildman–Crippen MR) is 144 cm³/mol. The molecular weight excluding hydrogens is 455 g/mol. The van der Waals surface area contributed by atoms with Gasteiger partial charge in [0.15, 0.2) is 0 Å². The van der Waals surface area contributed by atoms with Gasteiger partial charge in [-0.15, -0.1) is 0 Å². The van der Waals surface area contributed by atoms with Crippen molar-refractivity contribution in [3.63, 3.8) is 0 Å². The third-order valence-corrected chi connectivity index (χ3v) is 6.26. The Labute approximate surface area is 213 Å². The summed E-state index contributed by atoms with van der Waals surface area (Å²) in [7, 11) is -1.51. The summed E-state index contributed by atoms with van der Waals surface area (Å²) < 4.78 is 2.34. The van der Waals surface area contributed by atoms with E-state index in [1.807, 2.05) is 12.1 Å². The number of benzene rings is 2. The average Bonchev–Trinajstić information content (AvgIpc) is 3.23. The van der Waals surface area contributed by atoms with Crippen molar-refractivity contribution in [2.75, 3.05) is 19.6 Å². The number of imidazole rings is 1. The number of rotatable bonds is 14. The molecule has 1 heterocycles. The second kappa shape index (κ2) is 13.9. The van der Waals surface area contributed by atoms with Gasteiger partial charge in [0.2, 0.25) is 0 Å². The zero-order chi connectivity index (χ0) is 25.9. The third kappa shape index (κ3) is 7.76. The van der Waals surface area contributed by atoms with E-state index in [-0.39, 0.29) is 12.5 Å². The van der Waals surface area contributed by atoms with Crippen LogP contribution in [0.15, 0.2) is 48.5 Å². The van der Waals surface area contributed by atoms with Crippen molar-refractivity contribution >= 4 is 35.6 Å². The van der Waals surface area contributed by atoms with Crippen LogP contribution in [0.2, 0.25) is 0 Å². The van der Waals surface area contributed by atoms with Crippen LogP contribution in [0.25, 0.3) is 17.1 Å². The summed E-state index contributed by atoms with van der Waals surface area (Å²) in [4.78, 5) is 24.8. The Balaban J connectivity index is 1.62. The number of hydrogen-bond donors (Lipinski definition) is 3. The van der Waals surface area contributed by atoms with E-state index in [1.54, 1.807) is 30.3 Å². The summed E-state index contributed by atoms with van der Waals surface area (Å²) in [5, 5.41) is 18.3. The minimum Gasteiger partial charge on any atom is -0.423 e. The van der Waals surface area contributed by atoms with Crippen LogP contribution in [0.5, 0.6) is 0 Å². The first-order chi connectivity index (χ1) is 17.4. The zero-order valence-electron chi connectivity index (χ0n) is 21.5. The molecule has 0 atom stereocenters. The Hall–Kier alpha value is -2.98. The lowest BCUT2D eigenvalue weighted by Crippen LogP contribution is -2.29. The molecule has 0 unspecified atom stereocenters. The number of nitrogens with one attached hydrogen (secondary N) is 1. The lowest BCUT2D eigenvalue weighted by Gasteiger charge is -2.19. The van der Waals surface area contributed by atoms with Crippen LogP contribution in [0.1, 0.15) is 50.6 Å². The quantitative estimate of drug-likeness (QED) is 0.182. The fourth-order valence-corrected chi connectivity index (χ4v) is 4.04. The molecule has 0 saturated heterocycles. The van der Waals surface area contributed by atoms with Crippen molar-refractivity contribution in [1.29, 1.82) is 0 Å². The Bertz CT molecular complexity index is 1140. The molecule has 0 aliphatic carbocycles. The molecule has 1 amide bonds. The van der Waals surface area contributed by atoms with E-state index >= 15 is 0 Å². The number of aromatic nitrogens is 2. The van der Waals surface area contributed by atoms with E-state index in [4.69, 9.17) is 19.9 Å². The Morgan fingerprint density at radius 1 is 1.14 bits per heavy atom. The smallest absolute Gasteiger partial charge is 0.423 e. The number of hydroxylamine groups is 1. The number of likely N-dealkylation sites (N-methyl/N-ethyl adjacent to an activating group) is 1. The standard InChI is InChI=1S/C27H37BN4O4/c1-4-7-8-26-29-24-19-21(11-15-25(24)32(26)18-17-31(5-2)6-3)12-16-27(33)30-36-20-22-9-13-23(14-10-22)28(34)35/h9-16,19,34-35H,4-8,17-18,20H2,1-3H3,(H,30,33)/b16-12+. The number of aryl methyl sites for hydroxylation is 1. The van der Waals surface area contributed by atoms with E-state index in [2.05, 4.69) is 41.8 Å². The lowest BCUT2D eigenvalue weighted by molar-refractivity contribution is -0.129. The molecule has 0 fully saturated rings. The zero-order valence-corrected chi connectivity index (χ0v) is 21.5. The first-order valence-corrected chi connectivity index (χ1v) is 12.7. The van der Waals surface area contributed by atoms with Crippen LogP contribution >= 0.6 is 0 Å².